The number of hydrogen-bond donors (Lipinski definition) is 2. The van der Waals surface area contributed by atoms with Gasteiger partial charge in [0.25, 0.3) is 0 Å². The molecular weight excluding hydrogens is 620 g/mol. The molecule has 0 amide bonds. The number of rotatable bonds is 22. The summed E-state index contributed by atoms with van der Waals surface area (Å²) in [6.45, 7) is 29.7. The third-order valence-corrected chi connectivity index (χ3v) is 7.74. The average Bonchev–Trinajstić information content (AvgIpc) is 3.05. The van der Waals surface area contributed by atoms with E-state index < -0.39 is 29.6 Å². The summed E-state index contributed by atoms with van der Waals surface area (Å²) in [7, 11) is 0. The first-order chi connectivity index (χ1) is 23.2. The smallest absolute Gasteiger partial charge is 0.333 e. The minimum atomic E-state index is -1.03. The Balaban J connectivity index is 2.52. The average molecular weight is 673 g/mol. The fourth-order valence-corrected chi connectivity index (χ4v) is 5.04. The van der Waals surface area contributed by atoms with Crippen LogP contribution in [-0.2, 0) is 50.2 Å². The van der Waals surface area contributed by atoms with Crippen LogP contribution in [0.4, 0.5) is 0 Å². The first-order valence-corrected chi connectivity index (χ1v) is 16.2. The molecule has 2 rings (SSSR count). The maximum atomic E-state index is 11.8. The van der Waals surface area contributed by atoms with Crippen LogP contribution in [0.25, 0.3) is 0 Å². The fraction of sp³-hybridized carbons (Fsp3) is 0.366. The summed E-state index contributed by atoms with van der Waals surface area (Å²) in [5, 5.41) is 21.0. The molecule has 2 unspecified atom stereocenters. The van der Waals surface area contributed by atoms with Crippen LogP contribution in [0.3, 0.4) is 0 Å². The Morgan fingerprint density at radius 3 is 1.16 bits per heavy atom. The third-order valence-electron chi connectivity index (χ3n) is 7.74. The van der Waals surface area contributed by atoms with E-state index in [1.54, 1.807) is 38.2 Å². The maximum absolute atomic E-state index is 11.8. The van der Waals surface area contributed by atoms with Crippen molar-refractivity contribution in [3.63, 3.8) is 0 Å². The number of allylic oxidation sites excluding steroid dienone is 4. The fourth-order valence-electron chi connectivity index (χ4n) is 5.04. The van der Waals surface area contributed by atoms with E-state index in [0.717, 1.165) is 33.4 Å². The van der Waals surface area contributed by atoms with E-state index in [4.69, 9.17) is 18.9 Å². The largest absolute Gasteiger partial charge is 0.490 e. The van der Waals surface area contributed by atoms with Gasteiger partial charge in [-0.15, -0.1) is 26.3 Å². The first kappa shape index (κ1) is 40.5. The Bertz CT molecular complexity index is 1370. The predicted molar refractivity (Wildman–Crippen MR) is 195 cm³/mol. The van der Waals surface area contributed by atoms with Crippen molar-refractivity contribution in [1.29, 1.82) is 0 Å². The molecule has 0 saturated carbocycles. The molecule has 0 spiro atoms. The van der Waals surface area contributed by atoms with Gasteiger partial charge in [0.2, 0.25) is 0 Å². The van der Waals surface area contributed by atoms with Crippen molar-refractivity contribution >= 4 is 11.9 Å². The van der Waals surface area contributed by atoms with Gasteiger partial charge in [-0.25, -0.2) is 9.59 Å². The quantitative estimate of drug-likeness (QED) is 0.0814. The van der Waals surface area contributed by atoms with Crippen LogP contribution in [0.1, 0.15) is 61.1 Å². The minimum absolute atomic E-state index is 0.0805. The number of hydrogen-bond acceptors (Lipinski definition) is 8. The molecule has 0 saturated heterocycles. The van der Waals surface area contributed by atoms with Crippen molar-refractivity contribution < 1.29 is 38.7 Å². The number of aliphatic hydroxyl groups excluding tert-OH is 2. The lowest BCUT2D eigenvalue weighted by atomic mass is 9.75. The van der Waals surface area contributed by atoms with E-state index in [2.05, 4.69) is 77.6 Å². The lowest BCUT2D eigenvalue weighted by molar-refractivity contribution is -0.143. The Hall–Kier alpha value is -4.66. The molecule has 2 aromatic carbocycles. The molecule has 2 atom stereocenters. The van der Waals surface area contributed by atoms with Crippen molar-refractivity contribution in [1.82, 2.24) is 0 Å². The van der Waals surface area contributed by atoms with Gasteiger partial charge in [0.1, 0.15) is 50.1 Å². The van der Waals surface area contributed by atoms with Gasteiger partial charge in [0, 0.05) is 16.6 Å². The van der Waals surface area contributed by atoms with Crippen LogP contribution in [0.15, 0.2) is 99.2 Å². The van der Waals surface area contributed by atoms with Gasteiger partial charge in [-0.3, -0.25) is 0 Å². The van der Waals surface area contributed by atoms with Crippen LogP contribution in [-0.4, -0.2) is 60.8 Å². The Morgan fingerprint density at radius 1 is 0.633 bits per heavy atom. The van der Waals surface area contributed by atoms with Gasteiger partial charge < -0.3 is 29.2 Å². The van der Waals surface area contributed by atoms with Crippen LogP contribution < -0.4 is 9.47 Å². The van der Waals surface area contributed by atoms with E-state index in [1.165, 1.54) is 0 Å². The van der Waals surface area contributed by atoms with Gasteiger partial charge in [0.05, 0.1) is 0 Å². The van der Waals surface area contributed by atoms with Gasteiger partial charge in [0.15, 0.2) is 0 Å². The summed E-state index contributed by atoms with van der Waals surface area (Å²) in [6.07, 6.45) is 7.19. The number of aliphatic hydroxyl groups is 2. The molecule has 0 fully saturated rings. The molecule has 0 heterocycles. The third kappa shape index (κ3) is 11.8. The molecule has 0 radical (unpaired) electrons. The molecule has 2 aromatic rings. The van der Waals surface area contributed by atoms with E-state index in [9.17, 15) is 19.8 Å². The Kier molecular flexibility index (Phi) is 16.0. The van der Waals surface area contributed by atoms with E-state index >= 15 is 0 Å². The van der Waals surface area contributed by atoms with Gasteiger partial charge in [-0.05, 0) is 72.9 Å². The number of carbonyl (C=O) groups is 2. The Labute approximate surface area is 291 Å². The summed E-state index contributed by atoms with van der Waals surface area (Å²) in [5.41, 5.74) is 5.63. The molecule has 49 heavy (non-hydrogen) atoms. The zero-order valence-corrected chi connectivity index (χ0v) is 29.5. The second-order valence-electron chi connectivity index (χ2n) is 12.5. The molecule has 264 valence electrons. The normalized spacial score (nSPS) is 12.2. The molecule has 0 aliphatic carbocycles. The van der Waals surface area contributed by atoms with Crippen LogP contribution in [0, 0.1) is 0 Å². The van der Waals surface area contributed by atoms with Crippen molar-refractivity contribution in [2.45, 2.75) is 71.0 Å². The molecule has 8 nitrogen and oxygen atoms in total. The highest BCUT2D eigenvalue weighted by Gasteiger charge is 2.28. The predicted octanol–water partition coefficient (Wildman–Crippen LogP) is 6.64. The van der Waals surface area contributed by atoms with Crippen molar-refractivity contribution in [3.05, 3.63) is 133 Å². The lowest BCUT2D eigenvalue weighted by Crippen LogP contribution is -2.26. The number of esters is 2. The number of benzene rings is 2. The zero-order valence-electron chi connectivity index (χ0n) is 29.5. The SMILES string of the molecule is C=CCc1cc(C(C)(C)c2cc(CC=C)c(OCC(O)COC(=O)C(=C)C)c(CC=C)c2)cc(CC=C)c1OCC(O)COC(=O)C(=C)C. The number of carbonyl (C=O) groups excluding carboxylic acids is 2. The molecule has 8 heteroatoms. The summed E-state index contributed by atoms with van der Waals surface area (Å²) >= 11 is 0. The summed E-state index contributed by atoms with van der Waals surface area (Å²) in [5.74, 6) is 0.106. The summed E-state index contributed by atoms with van der Waals surface area (Å²) in [6, 6.07) is 8.35. The monoisotopic (exact) mass is 672 g/mol. The van der Waals surface area contributed by atoms with E-state index in [-0.39, 0.29) is 37.6 Å². The highest BCUT2D eigenvalue weighted by Crippen LogP contribution is 2.40. The van der Waals surface area contributed by atoms with Gasteiger partial charge in [-0.2, -0.15) is 0 Å². The topological polar surface area (TPSA) is 112 Å². The second kappa shape index (κ2) is 19.4. The van der Waals surface area contributed by atoms with Crippen LogP contribution in [0.5, 0.6) is 11.5 Å². The highest BCUT2D eigenvalue weighted by molar-refractivity contribution is 5.87. The maximum Gasteiger partial charge on any atom is 0.333 e. The molecule has 0 bridgehead atoms. The lowest BCUT2D eigenvalue weighted by Gasteiger charge is -2.30. The standard InChI is InChI=1S/C41H52O8/c1-11-15-29-19-33(20-30(16-12-2)37(29)46-23-35(42)25-48-39(44)27(5)6)41(9,10)34-21-31(17-13-3)38(32(22-34)18-14-4)47-24-36(43)26-49-40(45)28(7)8/h11-14,19-22,35-36,42-43H,1-5,7,15-18,23-26H2,6,8-10H3. The molecule has 0 aromatic heterocycles. The van der Waals surface area contributed by atoms with Crippen LogP contribution in [0.2, 0.25) is 0 Å². The summed E-state index contributed by atoms with van der Waals surface area (Å²) in [4.78, 5) is 23.5. The molecular formula is C41H52O8. The molecule has 0 aliphatic heterocycles. The minimum Gasteiger partial charge on any atom is -0.490 e. The first-order valence-electron chi connectivity index (χ1n) is 16.2. The summed E-state index contributed by atoms with van der Waals surface area (Å²) < 4.78 is 22.5. The van der Waals surface area contributed by atoms with E-state index in [0.29, 0.717) is 37.2 Å². The van der Waals surface area contributed by atoms with Gasteiger partial charge in [-0.1, -0.05) is 75.6 Å². The molecule has 0 aliphatic rings. The second-order valence-corrected chi connectivity index (χ2v) is 12.5. The molecule has 2 N–H and O–H groups in total. The van der Waals surface area contributed by atoms with E-state index in [1.807, 2.05) is 0 Å². The highest BCUT2D eigenvalue weighted by atomic mass is 16.6. The Morgan fingerprint density at radius 2 is 0.918 bits per heavy atom. The van der Waals surface area contributed by atoms with Gasteiger partial charge >= 0.3 is 11.9 Å². The van der Waals surface area contributed by atoms with Crippen molar-refractivity contribution in [2.24, 2.45) is 0 Å². The van der Waals surface area contributed by atoms with Crippen molar-refractivity contribution in [2.75, 3.05) is 26.4 Å². The van der Waals surface area contributed by atoms with Crippen LogP contribution >= 0.6 is 0 Å². The zero-order chi connectivity index (χ0) is 36.7. The number of ether oxygens (including phenoxy) is 4. The van der Waals surface area contributed by atoms with Crippen molar-refractivity contribution in [3.8, 4) is 11.5 Å².